The average molecular weight is 343 g/mol. The number of phenolic OH excluding ortho intramolecular Hbond substituents is 1. The van der Waals surface area contributed by atoms with Gasteiger partial charge in [-0.25, -0.2) is 0 Å². The van der Waals surface area contributed by atoms with Gasteiger partial charge in [0.25, 0.3) is 5.91 Å². The Morgan fingerprint density at radius 3 is 2.60 bits per heavy atom. The van der Waals surface area contributed by atoms with Crippen molar-refractivity contribution in [1.82, 2.24) is 10.2 Å². The third-order valence-corrected chi connectivity index (χ3v) is 3.94. The molecule has 0 saturated heterocycles. The summed E-state index contributed by atoms with van der Waals surface area (Å²) < 4.78 is 0.561. The van der Waals surface area contributed by atoms with Crippen molar-refractivity contribution in [3.63, 3.8) is 0 Å². The van der Waals surface area contributed by atoms with Crippen molar-refractivity contribution in [3.05, 3.63) is 65.1 Å². The first-order valence-electron chi connectivity index (χ1n) is 7.87. The normalized spacial score (nSPS) is 11.6. The molecule has 1 heterocycles. The van der Waals surface area contributed by atoms with Crippen LogP contribution in [0.5, 0.6) is 5.75 Å². The largest absolute Gasteiger partial charge is 0.619 e. The molecule has 0 saturated carbocycles. The predicted octanol–water partition coefficient (Wildman–Crippen LogP) is 0.845. The third-order valence-electron chi connectivity index (χ3n) is 3.94. The fourth-order valence-electron chi connectivity index (χ4n) is 2.23. The van der Waals surface area contributed by atoms with Gasteiger partial charge in [-0.05, 0) is 30.7 Å². The summed E-state index contributed by atoms with van der Waals surface area (Å²) in [5.41, 5.74) is 1.07. The van der Waals surface area contributed by atoms with Crippen LogP contribution in [0.4, 0.5) is 0 Å². The monoisotopic (exact) mass is 343 g/mol. The van der Waals surface area contributed by atoms with Crippen LogP contribution in [0, 0.1) is 5.21 Å². The standard InChI is InChI=1S/C18H21N3O4/c1-13(11-19-18(24)15-4-3-9-21(25)12-15)20(2)17(23)10-14-5-7-16(22)8-6-14/h3-9,12-13,22H,10-11H2,1-2H3,(H,19,24)/t13-/m1/s1. The van der Waals surface area contributed by atoms with Crippen LogP contribution in [0.3, 0.4) is 0 Å². The topological polar surface area (TPSA) is 96.6 Å². The maximum Gasteiger partial charge on any atom is 0.257 e. The number of nitrogens with zero attached hydrogens (tertiary/aromatic N) is 2. The summed E-state index contributed by atoms with van der Waals surface area (Å²) in [6, 6.07) is 9.30. The lowest BCUT2D eigenvalue weighted by Crippen LogP contribution is -2.44. The van der Waals surface area contributed by atoms with Gasteiger partial charge in [-0.3, -0.25) is 9.59 Å². The maximum atomic E-state index is 12.3. The Labute approximate surface area is 146 Å². The fourth-order valence-corrected chi connectivity index (χ4v) is 2.23. The number of aromatic nitrogens is 1. The molecule has 7 nitrogen and oxygen atoms in total. The van der Waals surface area contributed by atoms with Crippen molar-refractivity contribution in [2.75, 3.05) is 13.6 Å². The molecule has 25 heavy (non-hydrogen) atoms. The molecular formula is C18H21N3O4. The number of hydrogen-bond donors (Lipinski definition) is 2. The highest BCUT2D eigenvalue weighted by Crippen LogP contribution is 2.11. The zero-order chi connectivity index (χ0) is 18.4. The summed E-state index contributed by atoms with van der Waals surface area (Å²) in [4.78, 5) is 25.9. The van der Waals surface area contributed by atoms with Gasteiger partial charge in [0.15, 0.2) is 12.4 Å². The molecule has 1 aromatic heterocycles. The van der Waals surface area contributed by atoms with Crippen LogP contribution in [-0.2, 0) is 11.2 Å². The number of pyridine rings is 1. The number of hydrogen-bond acceptors (Lipinski definition) is 4. The van der Waals surface area contributed by atoms with Gasteiger partial charge >= 0.3 is 0 Å². The molecule has 1 aromatic carbocycles. The average Bonchev–Trinajstić information content (AvgIpc) is 2.60. The van der Waals surface area contributed by atoms with E-state index in [4.69, 9.17) is 0 Å². The minimum Gasteiger partial charge on any atom is -0.619 e. The number of nitrogens with one attached hydrogen (secondary N) is 1. The number of likely N-dealkylation sites (N-methyl/N-ethyl adjacent to an activating group) is 1. The van der Waals surface area contributed by atoms with Crippen LogP contribution in [0.15, 0.2) is 48.8 Å². The minimum absolute atomic E-state index is 0.0930. The van der Waals surface area contributed by atoms with E-state index in [9.17, 15) is 19.9 Å². The lowest BCUT2D eigenvalue weighted by molar-refractivity contribution is -0.605. The van der Waals surface area contributed by atoms with Crippen LogP contribution < -0.4 is 10.0 Å². The number of amides is 2. The molecular weight excluding hydrogens is 322 g/mol. The van der Waals surface area contributed by atoms with Crippen molar-refractivity contribution in [1.29, 1.82) is 0 Å². The Morgan fingerprint density at radius 2 is 1.96 bits per heavy atom. The quantitative estimate of drug-likeness (QED) is 0.600. The van der Waals surface area contributed by atoms with Gasteiger partial charge in [-0.1, -0.05) is 12.1 Å². The molecule has 0 aliphatic heterocycles. The molecule has 7 heteroatoms. The molecule has 0 fully saturated rings. The number of benzene rings is 1. The van der Waals surface area contributed by atoms with Crippen LogP contribution >= 0.6 is 0 Å². The van der Waals surface area contributed by atoms with Crippen molar-refractivity contribution in [2.45, 2.75) is 19.4 Å². The second kappa shape index (κ2) is 8.14. The Bertz CT molecular complexity index is 746. The highest BCUT2D eigenvalue weighted by molar-refractivity contribution is 5.93. The number of carbonyl (C=O) groups is 2. The first-order valence-corrected chi connectivity index (χ1v) is 7.87. The Kier molecular flexibility index (Phi) is 5.94. The second-order valence-electron chi connectivity index (χ2n) is 5.86. The molecule has 2 amide bonds. The summed E-state index contributed by atoms with van der Waals surface area (Å²) in [7, 11) is 1.67. The zero-order valence-corrected chi connectivity index (χ0v) is 14.2. The number of rotatable bonds is 6. The molecule has 0 aliphatic rings. The lowest BCUT2D eigenvalue weighted by Gasteiger charge is -2.25. The summed E-state index contributed by atoms with van der Waals surface area (Å²) in [6.45, 7) is 2.10. The predicted molar refractivity (Wildman–Crippen MR) is 91.8 cm³/mol. The van der Waals surface area contributed by atoms with Gasteiger partial charge in [0.1, 0.15) is 11.3 Å². The Hall–Kier alpha value is -3.09. The number of carbonyl (C=O) groups excluding carboxylic acids is 2. The van der Waals surface area contributed by atoms with E-state index in [1.165, 1.54) is 30.6 Å². The first-order chi connectivity index (χ1) is 11.9. The van der Waals surface area contributed by atoms with Gasteiger partial charge in [-0.15, -0.1) is 0 Å². The molecule has 2 N–H and O–H groups in total. The van der Waals surface area contributed by atoms with Crippen molar-refractivity contribution < 1.29 is 19.4 Å². The number of phenols is 1. The van der Waals surface area contributed by atoms with Gasteiger partial charge in [-0.2, -0.15) is 4.73 Å². The molecule has 132 valence electrons. The van der Waals surface area contributed by atoms with E-state index >= 15 is 0 Å². The molecule has 1 atom stereocenters. The minimum atomic E-state index is -0.364. The third kappa shape index (κ3) is 5.20. The first kappa shape index (κ1) is 18.3. The van der Waals surface area contributed by atoms with Crippen molar-refractivity contribution >= 4 is 11.8 Å². The van der Waals surface area contributed by atoms with Crippen LogP contribution in [0.1, 0.15) is 22.8 Å². The smallest absolute Gasteiger partial charge is 0.257 e. The SMILES string of the molecule is C[C@H](CNC(=O)c1ccc[n+]([O-])c1)N(C)C(=O)Cc1ccc(O)cc1. The van der Waals surface area contributed by atoms with E-state index in [2.05, 4.69) is 5.32 Å². The van der Waals surface area contributed by atoms with E-state index < -0.39 is 0 Å². The fraction of sp³-hybridized carbons (Fsp3) is 0.278. The van der Waals surface area contributed by atoms with Gasteiger partial charge in [0, 0.05) is 25.7 Å². The van der Waals surface area contributed by atoms with E-state index in [1.807, 2.05) is 6.92 Å². The van der Waals surface area contributed by atoms with E-state index in [-0.39, 0.29) is 42.1 Å². The molecule has 0 spiro atoms. The summed E-state index contributed by atoms with van der Waals surface area (Å²) in [6.07, 6.45) is 2.71. The summed E-state index contributed by atoms with van der Waals surface area (Å²) in [5.74, 6) is -0.304. The van der Waals surface area contributed by atoms with E-state index in [0.717, 1.165) is 5.56 Å². The highest BCUT2D eigenvalue weighted by atomic mass is 16.5. The summed E-state index contributed by atoms with van der Waals surface area (Å²) >= 11 is 0. The Morgan fingerprint density at radius 1 is 1.28 bits per heavy atom. The highest BCUT2D eigenvalue weighted by Gasteiger charge is 2.17. The molecule has 0 radical (unpaired) electrons. The lowest BCUT2D eigenvalue weighted by atomic mass is 10.1. The molecule has 2 rings (SSSR count). The Balaban J connectivity index is 1.86. The van der Waals surface area contributed by atoms with Crippen molar-refractivity contribution in [3.8, 4) is 5.75 Å². The van der Waals surface area contributed by atoms with Crippen LogP contribution in [0.25, 0.3) is 0 Å². The molecule has 0 unspecified atom stereocenters. The van der Waals surface area contributed by atoms with Crippen LogP contribution in [-0.4, -0.2) is 41.5 Å². The van der Waals surface area contributed by atoms with Gasteiger partial charge in [0.05, 0.1) is 6.42 Å². The summed E-state index contributed by atoms with van der Waals surface area (Å²) in [5, 5.41) is 23.2. The van der Waals surface area contributed by atoms with Crippen LogP contribution in [0.2, 0.25) is 0 Å². The van der Waals surface area contributed by atoms with Crippen molar-refractivity contribution in [2.24, 2.45) is 0 Å². The van der Waals surface area contributed by atoms with Gasteiger partial charge in [0.2, 0.25) is 5.91 Å². The number of aromatic hydroxyl groups is 1. The van der Waals surface area contributed by atoms with E-state index in [0.29, 0.717) is 4.73 Å². The molecule has 2 aromatic rings. The maximum absolute atomic E-state index is 12.3. The molecule has 0 bridgehead atoms. The molecule has 0 aliphatic carbocycles. The zero-order valence-electron chi connectivity index (χ0n) is 14.2. The second-order valence-corrected chi connectivity index (χ2v) is 5.86. The van der Waals surface area contributed by atoms with Gasteiger partial charge < -0.3 is 20.5 Å². The van der Waals surface area contributed by atoms with E-state index in [1.54, 1.807) is 30.1 Å².